The fourth-order valence-corrected chi connectivity index (χ4v) is 0.799. The molecule has 0 aromatic carbocycles. The lowest BCUT2D eigenvalue weighted by atomic mass is 10.0. The molecule has 0 radical (unpaired) electrons. The zero-order chi connectivity index (χ0) is 6.57. The molecule has 0 aliphatic heterocycles. The number of rotatable bonds is 3. The van der Waals surface area contributed by atoms with Gasteiger partial charge < -0.3 is 4.79 Å². The Bertz CT molecular complexity index is 66.8. The second kappa shape index (κ2) is 3.65. The molecule has 0 aliphatic rings. The Hall–Kier alpha value is -0.330. The molecule has 0 heterocycles. The summed E-state index contributed by atoms with van der Waals surface area (Å²) in [6.07, 6.45) is 2.03. The summed E-state index contributed by atoms with van der Waals surface area (Å²) in [5, 5.41) is 0. The average Bonchev–Trinajstić information content (AvgIpc) is 1.65. The zero-order valence-corrected chi connectivity index (χ0v) is 5.85. The monoisotopic (exact) mass is 114 g/mol. The molecular weight excluding hydrogens is 100 g/mol. The first kappa shape index (κ1) is 7.67. The van der Waals surface area contributed by atoms with Crippen LogP contribution in [0.1, 0.15) is 27.2 Å². The van der Waals surface area contributed by atoms with Gasteiger partial charge in [0.15, 0.2) is 0 Å². The molecule has 1 heteroatoms. The summed E-state index contributed by atoms with van der Waals surface area (Å²) < 4.78 is 0. The minimum Gasteiger partial charge on any atom is -0.303 e. The molecule has 0 fully saturated rings. The molecule has 0 unspecified atom stereocenters. The van der Waals surface area contributed by atoms with E-state index in [0.717, 1.165) is 12.7 Å². The van der Waals surface area contributed by atoms with Gasteiger partial charge in [-0.3, -0.25) is 0 Å². The van der Waals surface area contributed by atoms with Gasteiger partial charge in [-0.25, -0.2) is 0 Å². The molecule has 1 nitrogen and oxygen atoms in total. The highest BCUT2D eigenvalue weighted by Gasteiger charge is 2.00. The Morgan fingerprint density at radius 3 is 2.00 bits per heavy atom. The van der Waals surface area contributed by atoms with E-state index < -0.39 is 0 Å². The van der Waals surface area contributed by atoms with E-state index in [1.165, 1.54) is 0 Å². The van der Waals surface area contributed by atoms with Crippen LogP contribution in [0.4, 0.5) is 0 Å². The maximum atomic E-state index is 10.0. The second-order valence-electron chi connectivity index (χ2n) is 2.74. The van der Waals surface area contributed by atoms with Crippen LogP contribution in [0, 0.1) is 11.8 Å². The van der Waals surface area contributed by atoms with Gasteiger partial charge in [0.1, 0.15) is 6.29 Å². The van der Waals surface area contributed by atoms with Gasteiger partial charge in [-0.15, -0.1) is 0 Å². The molecule has 0 amide bonds. The summed E-state index contributed by atoms with van der Waals surface area (Å²) in [6, 6.07) is 0. The second-order valence-corrected chi connectivity index (χ2v) is 2.74. The summed E-state index contributed by atoms with van der Waals surface area (Å²) in [6.45, 7) is 6.20. The number of carbonyl (C=O) groups is 1. The lowest BCUT2D eigenvalue weighted by Crippen LogP contribution is -1.99. The Morgan fingerprint density at radius 2 is 1.88 bits per heavy atom. The number of aldehydes is 1. The molecule has 0 saturated heterocycles. The minimum absolute atomic E-state index is 0.245. The number of hydrogen-bond donors (Lipinski definition) is 0. The van der Waals surface area contributed by atoms with Crippen molar-refractivity contribution in [3.63, 3.8) is 0 Å². The van der Waals surface area contributed by atoms with E-state index in [-0.39, 0.29) is 5.92 Å². The van der Waals surface area contributed by atoms with Crippen molar-refractivity contribution in [3.05, 3.63) is 0 Å². The predicted octanol–water partition coefficient (Wildman–Crippen LogP) is 1.87. The highest BCUT2D eigenvalue weighted by atomic mass is 16.1. The topological polar surface area (TPSA) is 17.1 Å². The molecule has 1 atom stereocenters. The first-order valence-corrected chi connectivity index (χ1v) is 3.12. The lowest BCUT2D eigenvalue weighted by Gasteiger charge is -2.04. The van der Waals surface area contributed by atoms with E-state index in [9.17, 15) is 4.79 Å². The molecule has 8 heavy (non-hydrogen) atoms. The van der Waals surface area contributed by atoms with Crippen LogP contribution in [0.5, 0.6) is 0 Å². The van der Waals surface area contributed by atoms with Crippen LogP contribution in [0.15, 0.2) is 0 Å². The van der Waals surface area contributed by atoms with Gasteiger partial charge in [-0.1, -0.05) is 20.8 Å². The third kappa shape index (κ3) is 3.85. The van der Waals surface area contributed by atoms with Crippen molar-refractivity contribution in [3.8, 4) is 0 Å². The third-order valence-corrected chi connectivity index (χ3v) is 1.08. The average molecular weight is 114 g/mol. The van der Waals surface area contributed by atoms with E-state index in [1.54, 1.807) is 0 Å². The van der Waals surface area contributed by atoms with Gasteiger partial charge >= 0.3 is 0 Å². The smallest absolute Gasteiger partial charge is 0.122 e. The lowest BCUT2D eigenvalue weighted by molar-refractivity contribution is -0.111. The van der Waals surface area contributed by atoms with Crippen molar-refractivity contribution < 1.29 is 4.79 Å². The van der Waals surface area contributed by atoms with Crippen LogP contribution in [0.25, 0.3) is 0 Å². The van der Waals surface area contributed by atoms with Crippen molar-refractivity contribution >= 4 is 6.29 Å². The quantitative estimate of drug-likeness (QED) is 0.512. The van der Waals surface area contributed by atoms with Crippen LogP contribution >= 0.6 is 0 Å². The Labute approximate surface area is 51.1 Å². The van der Waals surface area contributed by atoms with Crippen molar-refractivity contribution in [2.75, 3.05) is 0 Å². The molecular formula is C7H14O. The van der Waals surface area contributed by atoms with Crippen molar-refractivity contribution in [1.82, 2.24) is 0 Å². The van der Waals surface area contributed by atoms with Gasteiger partial charge in [0, 0.05) is 5.92 Å². The fourth-order valence-electron chi connectivity index (χ4n) is 0.799. The molecule has 48 valence electrons. The van der Waals surface area contributed by atoms with Gasteiger partial charge in [-0.05, 0) is 12.3 Å². The van der Waals surface area contributed by atoms with E-state index >= 15 is 0 Å². The number of hydrogen-bond acceptors (Lipinski definition) is 1. The van der Waals surface area contributed by atoms with E-state index in [2.05, 4.69) is 13.8 Å². The Morgan fingerprint density at radius 1 is 1.38 bits per heavy atom. The first-order chi connectivity index (χ1) is 3.66. The maximum Gasteiger partial charge on any atom is 0.122 e. The van der Waals surface area contributed by atoms with Crippen LogP contribution < -0.4 is 0 Å². The highest BCUT2D eigenvalue weighted by Crippen LogP contribution is 2.07. The third-order valence-electron chi connectivity index (χ3n) is 1.08. The zero-order valence-electron chi connectivity index (χ0n) is 5.85. The van der Waals surface area contributed by atoms with Crippen molar-refractivity contribution in [1.29, 1.82) is 0 Å². The van der Waals surface area contributed by atoms with E-state index in [4.69, 9.17) is 0 Å². The van der Waals surface area contributed by atoms with Crippen molar-refractivity contribution in [2.45, 2.75) is 27.2 Å². The van der Waals surface area contributed by atoms with Gasteiger partial charge in [0.25, 0.3) is 0 Å². The minimum atomic E-state index is 0.245. The Kier molecular flexibility index (Phi) is 3.49. The van der Waals surface area contributed by atoms with Crippen LogP contribution in [0.3, 0.4) is 0 Å². The molecule has 0 N–H and O–H groups in total. The highest BCUT2D eigenvalue weighted by molar-refractivity contribution is 5.52. The molecule has 0 spiro atoms. The van der Waals surface area contributed by atoms with E-state index in [1.807, 2.05) is 6.92 Å². The molecule has 0 rings (SSSR count). The summed E-state index contributed by atoms with van der Waals surface area (Å²) in [5.41, 5.74) is 0. The summed E-state index contributed by atoms with van der Waals surface area (Å²) >= 11 is 0. The molecule has 0 bridgehead atoms. The van der Waals surface area contributed by atoms with Gasteiger partial charge in [0.2, 0.25) is 0 Å². The van der Waals surface area contributed by atoms with Gasteiger partial charge in [0.05, 0.1) is 0 Å². The first-order valence-electron chi connectivity index (χ1n) is 3.12. The molecule has 0 aromatic heterocycles. The van der Waals surface area contributed by atoms with Gasteiger partial charge in [-0.2, -0.15) is 0 Å². The molecule has 0 saturated carbocycles. The van der Waals surface area contributed by atoms with E-state index in [0.29, 0.717) is 5.92 Å². The fraction of sp³-hybridized carbons (Fsp3) is 0.857. The van der Waals surface area contributed by atoms with Crippen LogP contribution in [-0.4, -0.2) is 6.29 Å². The normalized spacial score (nSPS) is 14.0. The molecule has 0 aliphatic carbocycles. The maximum absolute atomic E-state index is 10.0. The van der Waals surface area contributed by atoms with Crippen molar-refractivity contribution in [2.24, 2.45) is 11.8 Å². The summed E-state index contributed by atoms with van der Waals surface area (Å²) in [7, 11) is 0. The predicted molar refractivity (Wildman–Crippen MR) is 34.7 cm³/mol. The number of carbonyl (C=O) groups excluding carboxylic acids is 1. The largest absolute Gasteiger partial charge is 0.303 e. The molecule has 0 aromatic rings. The summed E-state index contributed by atoms with van der Waals surface area (Å²) in [4.78, 5) is 10.0. The van der Waals surface area contributed by atoms with Crippen LogP contribution in [0.2, 0.25) is 0 Å². The Balaban J connectivity index is 3.23. The summed E-state index contributed by atoms with van der Waals surface area (Å²) in [5.74, 6) is 0.894. The van der Waals surface area contributed by atoms with Crippen LogP contribution in [-0.2, 0) is 4.79 Å². The SMILES string of the molecule is CC(C)C[C@H](C)C=O. The standard InChI is InChI=1S/C7H14O/c1-6(2)4-7(3)5-8/h5-7H,4H2,1-3H3/t7-/m0/s1.